The van der Waals surface area contributed by atoms with Crippen molar-refractivity contribution in [2.75, 3.05) is 6.54 Å². The number of amidine groups is 1. The Labute approximate surface area is 221 Å². The second-order valence-corrected chi connectivity index (χ2v) is 10.1. The van der Waals surface area contributed by atoms with Crippen LogP contribution in [-0.4, -0.2) is 22.5 Å². The lowest BCUT2D eigenvalue weighted by Crippen LogP contribution is -2.28. The first-order valence-electron chi connectivity index (χ1n) is 11.5. The van der Waals surface area contributed by atoms with Crippen LogP contribution in [0, 0.1) is 5.82 Å². The first kappa shape index (κ1) is 24.3. The normalized spacial score (nSPS) is 15.9. The van der Waals surface area contributed by atoms with E-state index in [2.05, 4.69) is 51.3 Å². The highest BCUT2D eigenvalue weighted by atomic mass is 79.9. The molecule has 0 bridgehead atoms. The molecule has 4 nitrogen and oxygen atoms in total. The van der Waals surface area contributed by atoms with Crippen molar-refractivity contribution in [3.8, 4) is 5.75 Å². The van der Waals surface area contributed by atoms with E-state index in [-0.39, 0.29) is 11.7 Å². The summed E-state index contributed by atoms with van der Waals surface area (Å²) in [4.78, 5) is 19.9. The highest BCUT2D eigenvalue weighted by Crippen LogP contribution is 2.36. The predicted molar refractivity (Wildman–Crippen MR) is 149 cm³/mol. The molecule has 1 aliphatic heterocycles. The van der Waals surface area contributed by atoms with Gasteiger partial charge in [0.2, 0.25) is 0 Å². The number of hydrogen-bond acceptors (Lipinski definition) is 4. The van der Waals surface area contributed by atoms with Crippen molar-refractivity contribution in [2.24, 2.45) is 4.99 Å². The highest BCUT2D eigenvalue weighted by Gasteiger charge is 2.32. The first-order chi connectivity index (χ1) is 17.5. The Hall–Kier alpha value is -3.42. The number of fused-ring (bicyclic) bond motifs is 1. The molecule has 1 amide bonds. The number of hydrogen-bond donors (Lipinski definition) is 0. The minimum absolute atomic E-state index is 0.121. The number of ether oxygens (including phenoxy) is 1. The maximum Gasteiger partial charge on any atom is 0.266 e. The predicted octanol–water partition coefficient (Wildman–Crippen LogP) is 7.94. The quantitative estimate of drug-likeness (QED) is 0.225. The lowest BCUT2D eigenvalue weighted by atomic mass is 10.1. The fourth-order valence-electron chi connectivity index (χ4n) is 3.89. The third-order valence-corrected chi connectivity index (χ3v) is 7.22. The maximum absolute atomic E-state index is 13.3. The van der Waals surface area contributed by atoms with Gasteiger partial charge >= 0.3 is 0 Å². The molecular weight excluding hydrogens is 539 g/mol. The van der Waals surface area contributed by atoms with Gasteiger partial charge in [-0.25, -0.2) is 9.38 Å². The molecule has 5 rings (SSSR count). The number of thioether (sulfide) groups is 1. The van der Waals surface area contributed by atoms with Gasteiger partial charge in [0.15, 0.2) is 5.17 Å². The molecule has 7 heteroatoms. The summed E-state index contributed by atoms with van der Waals surface area (Å²) in [6, 6.07) is 26.1. The number of aliphatic imine (C=N–C) groups is 1. The lowest BCUT2D eigenvalue weighted by molar-refractivity contribution is -0.122. The average molecular weight is 561 g/mol. The average Bonchev–Trinajstić information content (AvgIpc) is 3.18. The van der Waals surface area contributed by atoms with Crippen molar-refractivity contribution in [1.29, 1.82) is 0 Å². The number of benzene rings is 4. The molecule has 0 aliphatic carbocycles. The summed E-state index contributed by atoms with van der Waals surface area (Å²) in [5.74, 6) is 0.232. The van der Waals surface area contributed by atoms with Crippen LogP contribution >= 0.6 is 27.7 Å². The topological polar surface area (TPSA) is 41.9 Å². The molecule has 0 radical (unpaired) electrons. The number of rotatable bonds is 6. The summed E-state index contributed by atoms with van der Waals surface area (Å²) in [5.41, 5.74) is 2.45. The van der Waals surface area contributed by atoms with Gasteiger partial charge in [0.05, 0.1) is 10.6 Å². The smallest absolute Gasteiger partial charge is 0.266 e. The van der Waals surface area contributed by atoms with Crippen LogP contribution in [0.2, 0.25) is 0 Å². The van der Waals surface area contributed by atoms with Crippen molar-refractivity contribution in [2.45, 2.75) is 13.5 Å². The van der Waals surface area contributed by atoms with E-state index >= 15 is 0 Å². The zero-order chi connectivity index (χ0) is 25.1. The van der Waals surface area contributed by atoms with E-state index in [1.165, 1.54) is 29.3 Å². The Morgan fingerprint density at radius 2 is 1.78 bits per heavy atom. The Bertz CT molecular complexity index is 1500. The molecule has 180 valence electrons. The molecule has 1 saturated heterocycles. The van der Waals surface area contributed by atoms with Crippen molar-refractivity contribution >= 4 is 61.3 Å². The van der Waals surface area contributed by atoms with E-state index in [9.17, 15) is 9.18 Å². The van der Waals surface area contributed by atoms with Gasteiger partial charge in [-0.15, -0.1) is 0 Å². The van der Waals surface area contributed by atoms with Gasteiger partial charge in [-0.2, -0.15) is 0 Å². The van der Waals surface area contributed by atoms with Crippen molar-refractivity contribution in [3.63, 3.8) is 0 Å². The van der Waals surface area contributed by atoms with E-state index in [1.807, 2.05) is 43.3 Å². The van der Waals surface area contributed by atoms with Gasteiger partial charge in [-0.05, 0) is 89.6 Å². The summed E-state index contributed by atoms with van der Waals surface area (Å²) < 4.78 is 20.4. The van der Waals surface area contributed by atoms with Crippen LogP contribution in [0.25, 0.3) is 16.8 Å². The Morgan fingerprint density at radius 3 is 2.56 bits per heavy atom. The van der Waals surface area contributed by atoms with E-state index in [0.717, 1.165) is 21.0 Å². The van der Waals surface area contributed by atoms with Gasteiger partial charge in [-0.3, -0.25) is 9.69 Å². The maximum atomic E-state index is 13.3. The van der Waals surface area contributed by atoms with Gasteiger partial charge < -0.3 is 4.74 Å². The second-order valence-electron chi connectivity index (χ2n) is 8.18. The molecule has 4 aromatic carbocycles. The summed E-state index contributed by atoms with van der Waals surface area (Å²) in [6.07, 6.45) is 1.84. The molecule has 0 N–H and O–H groups in total. The van der Waals surface area contributed by atoms with Crippen molar-refractivity contribution in [1.82, 2.24) is 4.90 Å². The molecule has 1 fully saturated rings. The molecule has 0 aromatic heterocycles. The molecule has 1 aliphatic rings. The van der Waals surface area contributed by atoms with Crippen LogP contribution in [0.5, 0.6) is 5.75 Å². The Kier molecular flexibility index (Phi) is 7.20. The van der Waals surface area contributed by atoms with E-state index in [1.54, 1.807) is 17.0 Å². The summed E-state index contributed by atoms with van der Waals surface area (Å²) in [7, 11) is 0. The van der Waals surface area contributed by atoms with Crippen LogP contribution in [0.3, 0.4) is 0 Å². The molecule has 0 unspecified atom stereocenters. The number of nitrogens with zero attached hydrogens (tertiary/aromatic N) is 2. The summed E-state index contributed by atoms with van der Waals surface area (Å²) >= 11 is 4.83. The minimum atomic E-state index is -0.326. The SMILES string of the molecule is CCN1C(=O)/C(=C\c2cc(Br)ccc2OCc2ccc3ccccc3c2)SC1=Nc1ccc(F)cc1. The molecule has 36 heavy (non-hydrogen) atoms. The van der Waals surface area contributed by atoms with Crippen LogP contribution < -0.4 is 4.74 Å². The lowest BCUT2D eigenvalue weighted by Gasteiger charge is -2.12. The summed E-state index contributed by atoms with van der Waals surface area (Å²) in [5, 5.41) is 2.91. The number of amides is 1. The zero-order valence-electron chi connectivity index (χ0n) is 19.4. The second kappa shape index (κ2) is 10.7. The number of likely N-dealkylation sites (N-methyl/N-ethyl adjacent to an activating group) is 1. The third kappa shape index (κ3) is 5.37. The van der Waals surface area contributed by atoms with E-state index < -0.39 is 0 Å². The standard InChI is InChI=1S/C29H22BrFN2O2S/c1-2-33-28(34)27(36-29(33)32-25-12-10-24(31)11-13-25)17-22-16-23(30)9-14-26(22)35-18-19-7-8-20-5-3-4-6-21(20)15-19/h3-17H,2,18H2,1H3/b27-17+,32-29?. The fraction of sp³-hybridized carbons (Fsp3) is 0.103. The highest BCUT2D eigenvalue weighted by molar-refractivity contribution is 9.10. The number of halogens is 2. The Balaban J connectivity index is 1.41. The molecule has 4 aromatic rings. The molecule has 1 heterocycles. The largest absolute Gasteiger partial charge is 0.488 e. The van der Waals surface area contributed by atoms with Gasteiger partial charge in [0, 0.05) is 16.6 Å². The van der Waals surface area contributed by atoms with Gasteiger partial charge in [0.25, 0.3) is 5.91 Å². The monoisotopic (exact) mass is 560 g/mol. The first-order valence-corrected chi connectivity index (χ1v) is 13.1. The van der Waals surface area contributed by atoms with Crippen LogP contribution in [0.15, 0.2) is 99.3 Å². The van der Waals surface area contributed by atoms with Crippen molar-refractivity contribution < 1.29 is 13.9 Å². The van der Waals surface area contributed by atoms with Crippen LogP contribution in [0.1, 0.15) is 18.1 Å². The molecule has 0 spiro atoms. The van der Waals surface area contributed by atoms with Crippen molar-refractivity contribution in [3.05, 3.63) is 111 Å². The zero-order valence-corrected chi connectivity index (χ0v) is 21.9. The van der Waals surface area contributed by atoms with Gasteiger partial charge in [0.1, 0.15) is 18.2 Å². The summed E-state index contributed by atoms with van der Waals surface area (Å²) in [6.45, 7) is 2.79. The molecule has 0 saturated carbocycles. The van der Waals surface area contributed by atoms with Crippen LogP contribution in [0.4, 0.5) is 10.1 Å². The minimum Gasteiger partial charge on any atom is -0.488 e. The van der Waals surface area contributed by atoms with E-state index in [0.29, 0.717) is 34.7 Å². The molecular formula is C29H22BrFN2O2S. The van der Waals surface area contributed by atoms with Gasteiger partial charge in [-0.1, -0.05) is 52.3 Å². The van der Waals surface area contributed by atoms with Crippen LogP contribution in [-0.2, 0) is 11.4 Å². The molecule has 0 atom stereocenters. The fourth-order valence-corrected chi connectivity index (χ4v) is 5.32. The third-order valence-electron chi connectivity index (χ3n) is 5.72. The number of carbonyl (C=O) groups excluding carboxylic acids is 1. The number of carbonyl (C=O) groups is 1. The van der Waals surface area contributed by atoms with E-state index in [4.69, 9.17) is 4.74 Å². The Morgan fingerprint density at radius 1 is 1.00 bits per heavy atom.